The molecule has 0 aromatic heterocycles. The summed E-state index contributed by atoms with van der Waals surface area (Å²) in [5, 5.41) is 25.1. The largest absolute Gasteiger partial charge is 0.485 e. The standard InChI is InChI=1S/C24H23N2O3P/c1-24(2)23(27)22(20-15-17(16-25)13-14-21(20)29-24)26-30(28,18-9-5-3-6-10-18)19-11-7-4-8-12-19/h3-15,22-23,27H,1-2H3,(H,26,28)/t22-,23+/m1/s1. The van der Waals surface area contributed by atoms with Gasteiger partial charge in [0.25, 0.3) is 0 Å². The maximum absolute atomic E-state index is 14.5. The SMILES string of the molecule is CC1(C)Oc2ccc(C#N)cc2[C@@H](NP(=O)(c2ccccc2)c2ccccc2)[C@@H]1O. The highest BCUT2D eigenvalue weighted by molar-refractivity contribution is 7.76. The maximum Gasteiger partial charge on any atom is 0.205 e. The van der Waals surface area contributed by atoms with Crippen molar-refractivity contribution < 1.29 is 14.4 Å². The van der Waals surface area contributed by atoms with Gasteiger partial charge in [-0.25, -0.2) is 5.09 Å². The number of nitriles is 1. The molecule has 30 heavy (non-hydrogen) atoms. The van der Waals surface area contributed by atoms with Gasteiger partial charge >= 0.3 is 0 Å². The van der Waals surface area contributed by atoms with E-state index in [1.54, 1.807) is 32.0 Å². The van der Waals surface area contributed by atoms with E-state index >= 15 is 0 Å². The Kier molecular flexibility index (Phi) is 5.26. The van der Waals surface area contributed by atoms with Crippen LogP contribution < -0.4 is 20.4 Å². The topological polar surface area (TPSA) is 82.3 Å². The molecule has 0 saturated heterocycles. The first-order valence-electron chi connectivity index (χ1n) is 9.75. The Labute approximate surface area is 176 Å². The molecular formula is C24H23N2O3P. The lowest BCUT2D eigenvalue weighted by atomic mass is 9.86. The minimum absolute atomic E-state index is 0.449. The monoisotopic (exact) mass is 418 g/mol. The molecule has 0 aliphatic carbocycles. The van der Waals surface area contributed by atoms with Crippen molar-refractivity contribution >= 4 is 17.9 Å². The summed E-state index contributed by atoms with van der Waals surface area (Å²) in [6.07, 6.45) is -0.986. The molecule has 0 fully saturated rings. The van der Waals surface area contributed by atoms with Crippen LogP contribution in [0.3, 0.4) is 0 Å². The van der Waals surface area contributed by atoms with Crippen molar-refractivity contribution in [2.45, 2.75) is 31.6 Å². The van der Waals surface area contributed by atoms with Crippen LogP contribution in [0.2, 0.25) is 0 Å². The molecule has 0 saturated carbocycles. The fraction of sp³-hybridized carbons (Fsp3) is 0.208. The second-order valence-electron chi connectivity index (χ2n) is 7.90. The average molecular weight is 418 g/mol. The lowest BCUT2D eigenvalue weighted by Crippen LogP contribution is -2.52. The molecule has 0 unspecified atom stereocenters. The summed E-state index contributed by atoms with van der Waals surface area (Å²) in [6, 6.07) is 25.0. The van der Waals surface area contributed by atoms with Crippen LogP contribution in [0.4, 0.5) is 0 Å². The highest BCUT2D eigenvalue weighted by Gasteiger charge is 2.46. The van der Waals surface area contributed by atoms with Gasteiger partial charge in [0.1, 0.15) is 17.5 Å². The number of ether oxygens (including phenoxy) is 1. The van der Waals surface area contributed by atoms with Crippen LogP contribution in [0.5, 0.6) is 5.75 Å². The Morgan fingerprint density at radius 2 is 1.57 bits per heavy atom. The molecule has 0 radical (unpaired) electrons. The van der Waals surface area contributed by atoms with Gasteiger partial charge in [0.2, 0.25) is 7.29 Å². The van der Waals surface area contributed by atoms with E-state index in [4.69, 9.17) is 4.74 Å². The van der Waals surface area contributed by atoms with Crippen molar-refractivity contribution in [3.05, 3.63) is 90.0 Å². The molecule has 6 heteroatoms. The smallest absolute Gasteiger partial charge is 0.205 e. The highest BCUT2D eigenvalue weighted by atomic mass is 31.2. The van der Waals surface area contributed by atoms with Gasteiger partial charge in [-0.1, -0.05) is 36.4 Å². The van der Waals surface area contributed by atoms with E-state index in [0.29, 0.717) is 27.5 Å². The third kappa shape index (κ3) is 3.55. The number of aliphatic hydroxyl groups excluding tert-OH is 1. The summed E-state index contributed by atoms with van der Waals surface area (Å²) < 4.78 is 20.5. The predicted octanol–water partition coefficient (Wildman–Crippen LogP) is 3.65. The lowest BCUT2D eigenvalue weighted by molar-refractivity contribution is -0.0603. The Morgan fingerprint density at radius 3 is 2.10 bits per heavy atom. The minimum Gasteiger partial charge on any atom is -0.485 e. The first-order chi connectivity index (χ1) is 14.3. The van der Waals surface area contributed by atoms with Crippen LogP contribution in [0.1, 0.15) is 31.0 Å². The summed E-state index contributed by atoms with van der Waals surface area (Å²) in [6.45, 7) is 3.59. The molecule has 2 atom stereocenters. The van der Waals surface area contributed by atoms with Crippen molar-refractivity contribution in [1.29, 1.82) is 5.26 Å². The number of nitrogens with zero attached hydrogens (tertiary/aromatic N) is 1. The Hall–Kier alpha value is -2.90. The van der Waals surface area contributed by atoms with E-state index in [0.717, 1.165) is 0 Å². The van der Waals surface area contributed by atoms with E-state index in [9.17, 15) is 14.9 Å². The second-order valence-corrected chi connectivity index (χ2v) is 10.4. The van der Waals surface area contributed by atoms with Crippen molar-refractivity contribution in [2.24, 2.45) is 0 Å². The van der Waals surface area contributed by atoms with Gasteiger partial charge in [0.05, 0.1) is 17.7 Å². The zero-order chi connectivity index (χ0) is 21.4. The third-order valence-corrected chi connectivity index (χ3v) is 8.13. The maximum atomic E-state index is 14.5. The minimum atomic E-state index is -3.31. The van der Waals surface area contributed by atoms with Gasteiger partial charge in [0.15, 0.2) is 0 Å². The summed E-state index contributed by atoms with van der Waals surface area (Å²) >= 11 is 0. The number of rotatable bonds is 4. The van der Waals surface area contributed by atoms with Gasteiger partial charge in [-0.15, -0.1) is 0 Å². The third-order valence-electron chi connectivity index (χ3n) is 5.44. The normalized spacial score (nSPS) is 19.9. The first-order valence-corrected chi connectivity index (χ1v) is 11.5. The number of benzene rings is 3. The Morgan fingerprint density at radius 1 is 1.00 bits per heavy atom. The van der Waals surface area contributed by atoms with Crippen molar-refractivity contribution in [2.75, 3.05) is 0 Å². The van der Waals surface area contributed by atoms with Crippen molar-refractivity contribution in [3.63, 3.8) is 0 Å². The van der Waals surface area contributed by atoms with Crippen molar-refractivity contribution in [1.82, 2.24) is 5.09 Å². The molecule has 4 rings (SSSR count). The Bertz CT molecular complexity index is 1100. The van der Waals surface area contributed by atoms with E-state index in [-0.39, 0.29) is 0 Å². The van der Waals surface area contributed by atoms with Crippen molar-refractivity contribution in [3.8, 4) is 11.8 Å². The average Bonchev–Trinajstić information content (AvgIpc) is 2.77. The molecule has 5 nitrogen and oxygen atoms in total. The van der Waals surface area contributed by atoms with E-state index in [1.807, 2.05) is 60.7 Å². The zero-order valence-electron chi connectivity index (χ0n) is 16.8. The van der Waals surface area contributed by atoms with Crippen LogP contribution in [-0.2, 0) is 4.57 Å². The first kappa shape index (κ1) is 20.4. The van der Waals surface area contributed by atoms with Crippen LogP contribution in [-0.4, -0.2) is 16.8 Å². The van der Waals surface area contributed by atoms with Gasteiger partial charge in [0, 0.05) is 16.2 Å². The van der Waals surface area contributed by atoms with Gasteiger partial charge in [-0.3, -0.25) is 4.57 Å². The number of hydrogen-bond acceptors (Lipinski definition) is 4. The number of fused-ring (bicyclic) bond motifs is 1. The predicted molar refractivity (Wildman–Crippen MR) is 118 cm³/mol. The van der Waals surface area contributed by atoms with Crippen LogP contribution in [0.15, 0.2) is 78.9 Å². The fourth-order valence-electron chi connectivity index (χ4n) is 3.78. The van der Waals surface area contributed by atoms with Crippen LogP contribution in [0.25, 0.3) is 0 Å². The van der Waals surface area contributed by atoms with Crippen LogP contribution >= 0.6 is 7.29 Å². The molecule has 0 spiro atoms. The molecule has 1 aliphatic rings. The van der Waals surface area contributed by atoms with Gasteiger partial charge in [-0.2, -0.15) is 5.26 Å². The van der Waals surface area contributed by atoms with Gasteiger partial charge < -0.3 is 9.84 Å². The number of hydrogen-bond donors (Lipinski definition) is 2. The molecule has 3 aromatic carbocycles. The molecule has 2 N–H and O–H groups in total. The molecular weight excluding hydrogens is 395 g/mol. The summed E-state index contributed by atoms with van der Waals surface area (Å²) in [5.41, 5.74) is 0.162. The Balaban J connectivity index is 1.88. The zero-order valence-corrected chi connectivity index (χ0v) is 17.7. The molecule has 152 valence electrons. The van der Waals surface area contributed by atoms with E-state index in [2.05, 4.69) is 11.2 Å². The molecule has 3 aromatic rings. The summed E-state index contributed by atoms with van der Waals surface area (Å²) in [7, 11) is -3.31. The molecule has 1 aliphatic heterocycles. The van der Waals surface area contributed by atoms with E-state index in [1.165, 1.54) is 0 Å². The second kappa shape index (κ2) is 7.74. The summed E-state index contributed by atoms with van der Waals surface area (Å²) in [4.78, 5) is 0. The lowest BCUT2D eigenvalue weighted by Gasteiger charge is -2.43. The quantitative estimate of drug-likeness (QED) is 0.632. The summed E-state index contributed by atoms with van der Waals surface area (Å²) in [5.74, 6) is 0.564. The molecule has 1 heterocycles. The van der Waals surface area contributed by atoms with Gasteiger partial charge in [-0.05, 0) is 56.3 Å². The number of nitrogens with one attached hydrogen (secondary N) is 1. The highest BCUT2D eigenvalue weighted by Crippen LogP contribution is 2.47. The van der Waals surface area contributed by atoms with Crippen LogP contribution in [0, 0.1) is 11.3 Å². The molecule has 0 bridgehead atoms. The number of aliphatic hydroxyl groups is 1. The van der Waals surface area contributed by atoms with E-state index < -0.39 is 25.0 Å². The fourth-order valence-corrected chi connectivity index (χ4v) is 6.23. The molecule has 0 amide bonds.